The Morgan fingerprint density at radius 1 is 0.969 bits per heavy atom. The molecule has 156 valence electrons. The van der Waals surface area contributed by atoms with Gasteiger partial charge in [0.25, 0.3) is 5.91 Å². The van der Waals surface area contributed by atoms with E-state index in [4.69, 9.17) is 11.6 Å². The van der Waals surface area contributed by atoms with Crippen molar-refractivity contribution in [3.05, 3.63) is 101 Å². The molecule has 2 heterocycles. The lowest BCUT2D eigenvalue weighted by Crippen LogP contribution is -2.13. The Kier molecular flexibility index (Phi) is 5.13. The molecular weight excluding hydrogens is 424 g/mol. The minimum atomic E-state index is -0.339. The van der Waals surface area contributed by atoms with Gasteiger partial charge in [-0.05, 0) is 29.7 Å². The van der Waals surface area contributed by atoms with E-state index in [1.54, 1.807) is 24.3 Å². The first-order valence-corrected chi connectivity index (χ1v) is 10.4. The zero-order valence-corrected chi connectivity index (χ0v) is 17.6. The summed E-state index contributed by atoms with van der Waals surface area (Å²) < 4.78 is 0. The van der Waals surface area contributed by atoms with Crippen LogP contribution >= 0.6 is 11.6 Å². The Morgan fingerprint density at radius 2 is 1.78 bits per heavy atom. The van der Waals surface area contributed by atoms with Crippen LogP contribution in [0.15, 0.2) is 84.0 Å². The summed E-state index contributed by atoms with van der Waals surface area (Å²) in [4.78, 5) is 33.3. The molecule has 0 spiro atoms. The number of fused-ring (bicyclic) bond motifs is 3. The smallest absolute Gasteiger partial charge is 0.258 e. The maximum atomic E-state index is 12.5. The Bertz CT molecular complexity index is 1400. The van der Waals surface area contributed by atoms with Crippen molar-refractivity contribution in [2.45, 2.75) is 0 Å². The van der Waals surface area contributed by atoms with Gasteiger partial charge >= 0.3 is 0 Å². The van der Waals surface area contributed by atoms with Crippen molar-refractivity contribution >= 4 is 51.3 Å². The van der Waals surface area contributed by atoms with Crippen molar-refractivity contribution in [2.24, 2.45) is 4.99 Å². The predicted molar refractivity (Wildman–Crippen MR) is 127 cm³/mol. The van der Waals surface area contributed by atoms with E-state index in [0.717, 1.165) is 33.3 Å². The number of halogens is 1. The number of anilines is 2. The standard InChI is InChI=1S/C25H17ClN4O2/c26-24-20(6-3-13-27-24)25(32)29-17-10-7-16(8-11-17)22-19-12-9-15-4-1-2-5-18(15)23(19)30-21(31)14-28-22/h1-13H,14H2,(H,29,32)(H,30,31). The molecule has 2 amide bonds. The van der Waals surface area contributed by atoms with Gasteiger partial charge in [0, 0.05) is 28.4 Å². The lowest BCUT2D eigenvalue weighted by molar-refractivity contribution is -0.114. The summed E-state index contributed by atoms with van der Waals surface area (Å²) >= 11 is 6.01. The van der Waals surface area contributed by atoms with Crippen LogP contribution in [0.5, 0.6) is 0 Å². The van der Waals surface area contributed by atoms with Crippen molar-refractivity contribution in [2.75, 3.05) is 17.2 Å². The van der Waals surface area contributed by atoms with Gasteiger partial charge in [-0.15, -0.1) is 0 Å². The molecule has 6 nitrogen and oxygen atoms in total. The molecule has 1 aliphatic heterocycles. The maximum Gasteiger partial charge on any atom is 0.258 e. The highest BCUT2D eigenvalue weighted by atomic mass is 35.5. The minimum Gasteiger partial charge on any atom is -0.323 e. The SMILES string of the molecule is O=C1CN=C(c2ccc(NC(=O)c3cccnc3Cl)cc2)c2ccc3ccccc3c2N1. The summed E-state index contributed by atoms with van der Waals surface area (Å²) in [5.74, 6) is -0.496. The van der Waals surface area contributed by atoms with E-state index in [1.807, 2.05) is 48.5 Å². The molecule has 3 aromatic carbocycles. The molecule has 5 rings (SSSR count). The van der Waals surface area contributed by atoms with Crippen molar-refractivity contribution in [1.29, 1.82) is 0 Å². The number of aromatic nitrogens is 1. The molecular formula is C25H17ClN4O2. The second-order valence-electron chi connectivity index (χ2n) is 7.30. The van der Waals surface area contributed by atoms with Crippen LogP contribution < -0.4 is 10.6 Å². The first-order chi connectivity index (χ1) is 15.6. The molecule has 0 unspecified atom stereocenters. The third kappa shape index (κ3) is 3.72. The molecule has 0 atom stereocenters. The fourth-order valence-corrected chi connectivity index (χ4v) is 3.94. The van der Waals surface area contributed by atoms with Gasteiger partial charge in [0.2, 0.25) is 5.91 Å². The van der Waals surface area contributed by atoms with Crippen LogP contribution in [-0.4, -0.2) is 29.1 Å². The number of carbonyl (C=O) groups excluding carboxylic acids is 2. The van der Waals surface area contributed by atoms with E-state index in [9.17, 15) is 9.59 Å². The molecule has 1 aromatic heterocycles. The van der Waals surface area contributed by atoms with E-state index in [1.165, 1.54) is 6.20 Å². The minimum absolute atomic E-state index is 0.0380. The zero-order chi connectivity index (χ0) is 22.1. The number of carbonyl (C=O) groups is 2. The number of hydrogen-bond donors (Lipinski definition) is 2. The summed E-state index contributed by atoms with van der Waals surface area (Å²) in [6.07, 6.45) is 1.53. The molecule has 0 aliphatic carbocycles. The number of benzene rings is 3. The van der Waals surface area contributed by atoms with Gasteiger partial charge in [-0.2, -0.15) is 0 Å². The van der Waals surface area contributed by atoms with Crippen molar-refractivity contribution in [1.82, 2.24) is 4.98 Å². The van der Waals surface area contributed by atoms with Crippen LogP contribution in [0.1, 0.15) is 21.5 Å². The van der Waals surface area contributed by atoms with Gasteiger partial charge in [-0.3, -0.25) is 14.6 Å². The fourth-order valence-electron chi connectivity index (χ4n) is 3.73. The molecule has 0 bridgehead atoms. The highest BCUT2D eigenvalue weighted by Crippen LogP contribution is 2.31. The van der Waals surface area contributed by atoms with Crippen LogP contribution in [0.3, 0.4) is 0 Å². The summed E-state index contributed by atoms with van der Waals surface area (Å²) in [6, 6.07) is 22.5. The van der Waals surface area contributed by atoms with Gasteiger partial charge in [-0.1, -0.05) is 60.1 Å². The van der Waals surface area contributed by atoms with Crippen LogP contribution in [0.2, 0.25) is 5.15 Å². The Labute approximate surface area is 189 Å². The molecule has 4 aromatic rings. The van der Waals surface area contributed by atoms with E-state index < -0.39 is 0 Å². The number of nitrogens with one attached hydrogen (secondary N) is 2. The summed E-state index contributed by atoms with van der Waals surface area (Å²) in [5, 5.41) is 7.97. The predicted octanol–water partition coefficient (Wildman–Crippen LogP) is 4.93. The number of amides is 2. The second kappa shape index (κ2) is 8.24. The second-order valence-corrected chi connectivity index (χ2v) is 7.65. The zero-order valence-electron chi connectivity index (χ0n) is 16.8. The van der Waals surface area contributed by atoms with Gasteiger partial charge in [-0.25, -0.2) is 4.98 Å². The maximum absolute atomic E-state index is 12.5. The summed E-state index contributed by atoms with van der Waals surface area (Å²) in [6.45, 7) is 0.0380. The molecule has 2 N–H and O–H groups in total. The number of pyridine rings is 1. The van der Waals surface area contributed by atoms with Crippen molar-refractivity contribution < 1.29 is 9.59 Å². The number of hydrogen-bond acceptors (Lipinski definition) is 4. The van der Waals surface area contributed by atoms with E-state index in [-0.39, 0.29) is 23.5 Å². The number of rotatable bonds is 3. The van der Waals surface area contributed by atoms with Gasteiger partial charge in [0.15, 0.2) is 0 Å². The summed E-state index contributed by atoms with van der Waals surface area (Å²) in [7, 11) is 0. The van der Waals surface area contributed by atoms with Gasteiger partial charge < -0.3 is 10.6 Å². The van der Waals surface area contributed by atoms with Crippen molar-refractivity contribution in [3.63, 3.8) is 0 Å². The average Bonchev–Trinajstić information content (AvgIpc) is 2.98. The van der Waals surface area contributed by atoms with Gasteiger partial charge in [0.05, 0.1) is 17.0 Å². The quantitative estimate of drug-likeness (QED) is 0.443. The third-order valence-corrected chi connectivity index (χ3v) is 5.55. The Morgan fingerprint density at radius 3 is 2.59 bits per heavy atom. The van der Waals surface area contributed by atoms with Gasteiger partial charge in [0.1, 0.15) is 11.7 Å². The summed E-state index contributed by atoms with van der Waals surface area (Å²) in [5.41, 5.74) is 4.09. The van der Waals surface area contributed by atoms with Crippen LogP contribution in [0.4, 0.5) is 11.4 Å². The highest BCUT2D eigenvalue weighted by molar-refractivity contribution is 6.33. The van der Waals surface area contributed by atoms with E-state index >= 15 is 0 Å². The number of nitrogens with zero attached hydrogens (tertiary/aromatic N) is 2. The highest BCUT2D eigenvalue weighted by Gasteiger charge is 2.20. The van der Waals surface area contributed by atoms with E-state index in [0.29, 0.717) is 11.3 Å². The normalized spacial score (nSPS) is 13.0. The monoisotopic (exact) mass is 440 g/mol. The molecule has 0 radical (unpaired) electrons. The van der Waals surface area contributed by atoms with E-state index in [2.05, 4.69) is 20.6 Å². The van der Waals surface area contributed by atoms with Crippen LogP contribution in [-0.2, 0) is 4.79 Å². The molecule has 7 heteroatoms. The molecule has 0 saturated heterocycles. The molecule has 32 heavy (non-hydrogen) atoms. The van der Waals surface area contributed by atoms with Crippen LogP contribution in [0.25, 0.3) is 10.8 Å². The fraction of sp³-hybridized carbons (Fsp3) is 0.0400. The number of aliphatic imine (C=N–C) groups is 1. The first-order valence-electron chi connectivity index (χ1n) is 9.99. The van der Waals surface area contributed by atoms with Crippen LogP contribution in [0, 0.1) is 0 Å². The largest absolute Gasteiger partial charge is 0.323 e. The average molecular weight is 441 g/mol. The lowest BCUT2D eigenvalue weighted by Gasteiger charge is -2.13. The lowest BCUT2D eigenvalue weighted by atomic mass is 9.96. The Balaban J connectivity index is 1.48. The third-order valence-electron chi connectivity index (χ3n) is 5.25. The molecule has 0 fully saturated rings. The topological polar surface area (TPSA) is 83.5 Å². The first kappa shape index (κ1) is 19.9. The van der Waals surface area contributed by atoms with Crippen molar-refractivity contribution in [3.8, 4) is 0 Å². The molecule has 0 saturated carbocycles. The molecule has 1 aliphatic rings. The Hall–Kier alpha value is -4.03.